The summed E-state index contributed by atoms with van der Waals surface area (Å²) in [4.78, 5) is 15.5. The molecule has 0 unspecified atom stereocenters. The van der Waals surface area contributed by atoms with Gasteiger partial charge < -0.3 is 10.2 Å². The topological polar surface area (TPSA) is 63.1 Å². The summed E-state index contributed by atoms with van der Waals surface area (Å²) >= 11 is 0. The summed E-state index contributed by atoms with van der Waals surface area (Å²) in [6.45, 7) is 2.75. The molecule has 2 aliphatic rings. The van der Waals surface area contributed by atoms with Gasteiger partial charge in [0.25, 0.3) is 5.91 Å². The van der Waals surface area contributed by atoms with Gasteiger partial charge in [-0.2, -0.15) is 0 Å². The van der Waals surface area contributed by atoms with Crippen molar-refractivity contribution < 1.29 is 4.79 Å². The maximum absolute atomic E-state index is 13.4. The molecule has 0 spiro atoms. The molecule has 0 aliphatic carbocycles. The van der Waals surface area contributed by atoms with E-state index in [4.69, 9.17) is 0 Å². The van der Waals surface area contributed by atoms with Crippen molar-refractivity contribution in [2.45, 2.75) is 6.04 Å². The number of halogens is 1. The summed E-state index contributed by atoms with van der Waals surface area (Å²) in [6, 6.07) is 18.2. The summed E-state index contributed by atoms with van der Waals surface area (Å²) in [5, 5.41) is 11.2. The Bertz CT molecular complexity index is 946. The van der Waals surface area contributed by atoms with Gasteiger partial charge in [0, 0.05) is 36.8 Å². The lowest BCUT2D eigenvalue weighted by Crippen LogP contribution is -2.34. The van der Waals surface area contributed by atoms with Crippen LogP contribution in [0.3, 0.4) is 0 Å². The van der Waals surface area contributed by atoms with Gasteiger partial charge >= 0.3 is 0 Å². The SMILES string of the molecule is Cl.O=C(c1cccc(-n2cnnc2)c1)N1C[C@@H]2CNC[C@@H]2[C@H]1c1ccccc1. The molecular weight excluding hydrogens is 374 g/mol. The van der Waals surface area contributed by atoms with E-state index in [1.165, 1.54) is 5.56 Å². The van der Waals surface area contributed by atoms with Gasteiger partial charge in [-0.15, -0.1) is 22.6 Å². The van der Waals surface area contributed by atoms with Crippen LogP contribution in [0.5, 0.6) is 0 Å². The van der Waals surface area contributed by atoms with E-state index < -0.39 is 0 Å². The monoisotopic (exact) mass is 395 g/mol. The van der Waals surface area contributed by atoms with Gasteiger partial charge in [-0.3, -0.25) is 9.36 Å². The van der Waals surface area contributed by atoms with Gasteiger partial charge in [-0.1, -0.05) is 36.4 Å². The smallest absolute Gasteiger partial charge is 0.254 e. The first-order valence-electron chi connectivity index (χ1n) is 9.33. The fourth-order valence-corrected chi connectivity index (χ4v) is 4.51. The van der Waals surface area contributed by atoms with Crippen molar-refractivity contribution in [2.75, 3.05) is 19.6 Å². The molecule has 5 rings (SSSR count). The molecule has 0 saturated carbocycles. The fourth-order valence-electron chi connectivity index (χ4n) is 4.51. The Balaban J connectivity index is 0.00000192. The predicted molar refractivity (Wildman–Crippen MR) is 109 cm³/mol. The van der Waals surface area contributed by atoms with E-state index in [-0.39, 0.29) is 24.4 Å². The molecule has 6 nitrogen and oxygen atoms in total. The van der Waals surface area contributed by atoms with Gasteiger partial charge in [0.1, 0.15) is 12.7 Å². The molecule has 1 amide bonds. The van der Waals surface area contributed by atoms with Crippen LogP contribution in [-0.4, -0.2) is 45.2 Å². The Kier molecular flexibility index (Phi) is 5.15. The minimum Gasteiger partial charge on any atom is -0.331 e. The number of carbonyl (C=O) groups excluding carboxylic acids is 1. The van der Waals surface area contributed by atoms with E-state index in [1.54, 1.807) is 12.7 Å². The van der Waals surface area contributed by atoms with Crippen LogP contribution in [0.4, 0.5) is 0 Å². The maximum atomic E-state index is 13.4. The lowest BCUT2D eigenvalue weighted by molar-refractivity contribution is 0.0714. The van der Waals surface area contributed by atoms with E-state index in [1.807, 2.05) is 34.9 Å². The van der Waals surface area contributed by atoms with Gasteiger partial charge in [0.15, 0.2) is 0 Å². The molecule has 0 bridgehead atoms. The maximum Gasteiger partial charge on any atom is 0.254 e. The lowest BCUT2D eigenvalue weighted by atomic mass is 9.89. The molecule has 3 aromatic rings. The van der Waals surface area contributed by atoms with Crippen LogP contribution in [0.1, 0.15) is 22.0 Å². The number of likely N-dealkylation sites (tertiary alicyclic amines) is 1. The van der Waals surface area contributed by atoms with Crippen LogP contribution < -0.4 is 5.32 Å². The number of nitrogens with zero attached hydrogens (tertiary/aromatic N) is 4. The highest BCUT2D eigenvalue weighted by Crippen LogP contribution is 2.43. The zero-order valence-electron chi connectivity index (χ0n) is 15.3. The molecule has 2 fully saturated rings. The molecular formula is C21H22ClN5O. The van der Waals surface area contributed by atoms with Crippen LogP contribution in [0.25, 0.3) is 5.69 Å². The molecule has 7 heteroatoms. The highest BCUT2D eigenvalue weighted by Gasteiger charge is 2.46. The average Bonchev–Trinajstić information content (AvgIpc) is 3.45. The molecule has 2 saturated heterocycles. The first kappa shape index (κ1) is 18.7. The number of aromatic nitrogens is 3. The normalized spacial score (nSPS) is 23.3. The molecule has 2 aromatic carbocycles. The average molecular weight is 396 g/mol. The molecule has 3 atom stereocenters. The molecule has 0 radical (unpaired) electrons. The number of benzene rings is 2. The van der Waals surface area contributed by atoms with Crippen molar-refractivity contribution in [3.63, 3.8) is 0 Å². The Morgan fingerprint density at radius 1 is 1.00 bits per heavy atom. The molecule has 3 heterocycles. The van der Waals surface area contributed by atoms with E-state index >= 15 is 0 Å². The summed E-state index contributed by atoms with van der Waals surface area (Å²) in [6.07, 6.45) is 3.28. The summed E-state index contributed by atoms with van der Waals surface area (Å²) in [7, 11) is 0. The minimum absolute atomic E-state index is 0. The molecule has 144 valence electrons. The van der Waals surface area contributed by atoms with E-state index in [0.29, 0.717) is 17.4 Å². The molecule has 28 heavy (non-hydrogen) atoms. The lowest BCUT2D eigenvalue weighted by Gasteiger charge is -2.28. The Morgan fingerprint density at radius 2 is 1.79 bits per heavy atom. The number of hydrogen-bond donors (Lipinski definition) is 1. The van der Waals surface area contributed by atoms with Gasteiger partial charge in [0.05, 0.1) is 6.04 Å². The van der Waals surface area contributed by atoms with Gasteiger partial charge in [0.2, 0.25) is 0 Å². The molecule has 1 N–H and O–H groups in total. The fraction of sp³-hybridized carbons (Fsp3) is 0.286. The first-order valence-corrected chi connectivity index (χ1v) is 9.33. The van der Waals surface area contributed by atoms with Crippen LogP contribution in [0.15, 0.2) is 67.3 Å². The second-order valence-corrected chi connectivity index (χ2v) is 7.31. The summed E-state index contributed by atoms with van der Waals surface area (Å²) < 4.78 is 1.81. The van der Waals surface area contributed by atoms with Crippen LogP contribution in [0.2, 0.25) is 0 Å². The number of carbonyl (C=O) groups is 1. The van der Waals surface area contributed by atoms with Crippen molar-refractivity contribution in [3.05, 3.63) is 78.4 Å². The Labute approximate surface area is 170 Å². The van der Waals surface area contributed by atoms with Gasteiger partial charge in [-0.25, -0.2) is 0 Å². The quantitative estimate of drug-likeness (QED) is 0.740. The highest BCUT2D eigenvalue weighted by molar-refractivity contribution is 5.95. The van der Waals surface area contributed by atoms with E-state index in [2.05, 4.69) is 44.7 Å². The highest BCUT2D eigenvalue weighted by atomic mass is 35.5. The van der Waals surface area contributed by atoms with Crippen LogP contribution in [0, 0.1) is 11.8 Å². The number of nitrogens with one attached hydrogen (secondary N) is 1. The molecule has 1 aromatic heterocycles. The third kappa shape index (κ3) is 3.19. The number of fused-ring (bicyclic) bond motifs is 1. The first-order chi connectivity index (χ1) is 13.3. The standard InChI is InChI=1S/C21H21N5O.ClH/c27-21(16-7-4-8-18(9-16)25-13-23-24-14-25)26-12-17-10-22-11-19(17)20(26)15-5-2-1-3-6-15;/h1-9,13-14,17,19-20,22H,10-12H2;1H/t17-,19-,20+;/m0./s1. The number of rotatable bonds is 3. The third-order valence-corrected chi connectivity index (χ3v) is 5.78. The Morgan fingerprint density at radius 3 is 2.57 bits per heavy atom. The second kappa shape index (κ2) is 7.73. The largest absolute Gasteiger partial charge is 0.331 e. The van der Waals surface area contributed by atoms with Crippen molar-refractivity contribution in [3.8, 4) is 5.69 Å². The Hall–Kier alpha value is -2.70. The second-order valence-electron chi connectivity index (χ2n) is 7.31. The van der Waals surface area contributed by atoms with Crippen molar-refractivity contribution in [1.29, 1.82) is 0 Å². The van der Waals surface area contributed by atoms with Crippen LogP contribution in [-0.2, 0) is 0 Å². The predicted octanol–water partition coefficient (Wildman–Crippen LogP) is 2.72. The van der Waals surface area contributed by atoms with Crippen molar-refractivity contribution in [1.82, 2.24) is 25.0 Å². The summed E-state index contributed by atoms with van der Waals surface area (Å²) in [5.41, 5.74) is 2.82. The third-order valence-electron chi connectivity index (χ3n) is 5.78. The number of amides is 1. The van der Waals surface area contributed by atoms with E-state index in [0.717, 1.165) is 25.3 Å². The minimum atomic E-state index is 0. The zero-order chi connectivity index (χ0) is 18.2. The van der Waals surface area contributed by atoms with E-state index in [9.17, 15) is 4.79 Å². The van der Waals surface area contributed by atoms with Crippen LogP contribution >= 0.6 is 12.4 Å². The zero-order valence-corrected chi connectivity index (χ0v) is 16.1. The van der Waals surface area contributed by atoms with Gasteiger partial charge in [-0.05, 0) is 29.7 Å². The van der Waals surface area contributed by atoms with Crippen molar-refractivity contribution >= 4 is 18.3 Å². The molecule has 2 aliphatic heterocycles. The summed E-state index contributed by atoms with van der Waals surface area (Å²) in [5.74, 6) is 1.07. The van der Waals surface area contributed by atoms with Crippen molar-refractivity contribution in [2.24, 2.45) is 11.8 Å². The number of hydrogen-bond acceptors (Lipinski definition) is 4.